The number of thiazole rings is 1. The number of aromatic nitrogens is 1. The number of benzene rings is 3. The Kier molecular flexibility index (Phi) is 8.99. The van der Waals surface area contributed by atoms with Crippen molar-refractivity contribution in [3.05, 3.63) is 105 Å². The molecule has 0 radical (unpaired) electrons. The van der Waals surface area contributed by atoms with Gasteiger partial charge in [-0.05, 0) is 74.7 Å². The smallest absolute Gasteiger partial charge is 0.350 e. The monoisotopic (exact) mass is 654 g/mol. The van der Waals surface area contributed by atoms with E-state index in [1.165, 1.54) is 4.90 Å². The van der Waals surface area contributed by atoms with Gasteiger partial charge in [-0.3, -0.25) is 14.5 Å². The van der Waals surface area contributed by atoms with Crippen molar-refractivity contribution in [2.24, 2.45) is 0 Å². The Bertz CT molecular complexity index is 1880. The van der Waals surface area contributed by atoms with Gasteiger partial charge in [-0.15, -0.1) is 0 Å². The third-order valence-corrected chi connectivity index (χ3v) is 9.02. The van der Waals surface area contributed by atoms with Crippen LogP contribution in [0.25, 0.3) is 5.76 Å². The molecule has 10 nitrogen and oxygen atoms in total. The zero-order valence-corrected chi connectivity index (χ0v) is 27.3. The number of fused-ring (bicyclic) bond motifs is 1. The summed E-state index contributed by atoms with van der Waals surface area (Å²) in [6.07, 6.45) is 0.625. The summed E-state index contributed by atoms with van der Waals surface area (Å²) in [5.74, 6) is -1.10. The molecule has 2 aliphatic rings. The molecule has 3 heterocycles. The van der Waals surface area contributed by atoms with Gasteiger partial charge >= 0.3 is 11.9 Å². The summed E-state index contributed by atoms with van der Waals surface area (Å²) < 4.78 is 23.1. The second-order valence-corrected chi connectivity index (χ2v) is 12.1. The summed E-state index contributed by atoms with van der Waals surface area (Å²) >= 11 is 0.949. The second-order valence-electron chi connectivity index (χ2n) is 11.2. The molecular weight excluding hydrogens is 620 g/mol. The summed E-state index contributed by atoms with van der Waals surface area (Å²) in [7, 11) is 0. The molecule has 0 unspecified atom stereocenters. The molecule has 4 aromatic rings. The van der Waals surface area contributed by atoms with Crippen molar-refractivity contribution in [2.45, 2.75) is 52.9 Å². The van der Waals surface area contributed by atoms with E-state index < -0.39 is 23.7 Å². The number of hydrogen-bond donors (Lipinski definition) is 1. The van der Waals surface area contributed by atoms with E-state index in [2.05, 4.69) is 4.98 Å². The molecule has 3 aromatic carbocycles. The van der Waals surface area contributed by atoms with Gasteiger partial charge in [0.05, 0.1) is 30.5 Å². The molecule has 6 rings (SSSR count). The van der Waals surface area contributed by atoms with E-state index in [1.807, 2.05) is 44.2 Å². The number of Topliss-reactive ketones (excluding diaryl/α,β-unsaturated/α-hetero) is 1. The minimum absolute atomic E-state index is 0.0191. The average Bonchev–Trinajstić information content (AvgIpc) is 3.72. The molecule has 2 aliphatic heterocycles. The molecule has 1 aromatic heterocycles. The molecule has 0 bridgehead atoms. The van der Waals surface area contributed by atoms with Gasteiger partial charge in [0.1, 0.15) is 29.1 Å². The fourth-order valence-electron chi connectivity index (χ4n) is 5.76. The summed E-state index contributed by atoms with van der Waals surface area (Å²) in [6.45, 7) is 7.92. The van der Waals surface area contributed by atoms with E-state index in [9.17, 15) is 19.5 Å². The van der Waals surface area contributed by atoms with Crippen LogP contribution in [-0.4, -0.2) is 47.1 Å². The number of aryl methyl sites for hydroxylation is 1. The topological polar surface area (TPSA) is 124 Å². The number of esters is 1. The number of nitrogens with zero attached hydrogens (tertiary/aromatic N) is 2. The van der Waals surface area contributed by atoms with Crippen LogP contribution in [0.5, 0.6) is 17.2 Å². The number of aliphatic hydroxyl groups excluding tert-OH is 1. The highest BCUT2D eigenvalue weighted by molar-refractivity contribution is 7.17. The lowest BCUT2D eigenvalue weighted by atomic mass is 9.94. The van der Waals surface area contributed by atoms with E-state index in [4.69, 9.17) is 18.9 Å². The normalized spacial score (nSPS) is 18.2. The van der Waals surface area contributed by atoms with E-state index in [0.29, 0.717) is 53.7 Å². The molecule has 1 N–H and O–H groups in total. The first-order valence-electron chi connectivity index (χ1n) is 15.4. The maximum atomic E-state index is 13.8. The highest BCUT2D eigenvalue weighted by Crippen LogP contribution is 2.46. The van der Waals surface area contributed by atoms with Crippen LogP contribution in [0.1, 0.15) is 64.4 Å². The maximum absolute atomic E-state index is 13.8. The third-order valence-electron chi connectivity index (χ3n) is 7.89. The third kappa shape index (κ3) is 6.18. The number of ketones is 1. The predicted octanol–water partition coefficient (Wildman–Crippen LogP) is 6.56. The van der Waals surface area contributed by atoms with Crippen LogP contribution >= 0.6 is 11.3 Å². The van der Waals surface area contributed by atoms with E-state index in [-0.39, 0.29) is 34.1 Å². The van der Waals surface area contributed by atoms with E-state index >= 15 is 0 Å². The van der Waals surface area contributed by atoms with Gasteiger partial charge in [0.15, 0.2) is 16.6 Å². The fraction of sp³-hybridized carbons (Fsp3) is 0.278. The first-order valence-corrected chi connectivity index (χ1v) is 16.2. The first-order chi connectivity index (χ1) is 22.7. The molecule has 1 fully saturated rings. The van der Waals surface area contributed by atoms with Crippen molar-refractivity contribution in [3.8, 4) is 17.2 Å². The molecule has 0 spiro atoms. The number of hydrogen-bond acceptors (Lipinski definition) is 10. The number of anilines is 1. The zero-order chi connectivity index (χ0) is 33.2. The van der Waals surface area contributed by atoms with Crippen LogP contribution in [0.15, 0.2) is 72.3 Å². The van der Waals surface area contributed by atoms with Crippen molar-refractivity contribution in [3.63, 3.8) is 0 Å². The van der Waals surface area contributed by atoms with Crippen LogP contribution in [0, 0.1) is 6.92 Å². The van der Waals surface area contributed by atoms with Gasteiger partial charge in [0, 0.05) is 12.0 Å². The van der Waals surface area contributed by atoms with E-state index in [1.54, 1.807) is 50.2 Å². The Hall–Kier alpha value is -5.16. The highest BCUT2D eigenvalue weighted by Gasteiger charge is 2.49. The number of rotatable bonds is 10. The summed E-state index contributed by atoms with van der Waals surface area (Å²) in [6, 6.07) is 18.9. The van der Waals surface area contributed by atoms with E-state index in [0.717, 1.165) is 22.5 Å². The Labute approximate surface area is 276 Å². The quantitative estimate of drug-likeness (QED) is 0.0877. The van der Waals surface area contributed by atoms with Gasteiger partial charge in [-0.1, -0.05) is 47.7 Å². The molecule has 0 aliphatic carbocycles. The Balaban J connectivity index is 1.47. The molecule has 47 heavy (non-hydrogen) atoms. The van der Waals surface area contributed by atoms with Gasteiger partial charge in [-0.2, -0.15) is 0 Å². The Morgan fingerprint density at radius 2 is 1.81 bits per heavy atom. The number of ether oxygens (including phenoxy) is 4. The predicted molar refractivity (Wildman–Crippen MR) is 176 cm³/mol. The van der Waals surface area contributed by atoms with Crippen LogP contribution in [0.2, 0.25) is 0 Å². The minimum atomic E-state index is -1.10. The number of amides is 1. The van der Waals surface area contributed by atoms with Crippen molar-refractivity contribution >= 4 is 39.9 Å². The number of carbonyl (C=O) groups is 3. The van der Waals surface area contributed by atoms with Gasteiger partial charge in [0.25, 0.3) is 5.78 Å². The average molecular weight is 655 g/mol. The van der Waals surface area contributed by atoms with Gasteiger partial charge in [0.2, 0.25) is 0 Å². The molecule has 11 heteroatoms. The Morgan fingerprint density at radius 3 is 2.55 bits per heavy atom. The highest BCUT2D eigenvalue weighted by atomic mass is 32.1. The second kappa shape index (κ2) is 13.3. The van der Waals surface area contributed by atoms with Gasteiger partial charge < -0.3 is 24.1 Å². The van der Waals surface area contributed by atoms with Crippen molar-refractivity contribution < 1.29 is 38.4 Å². The van der Waals surface area contributed by atoms with Gasteiger partial charge in [-0.25, -0.2) is 9.78 Å². The zero-order valence-electron chi connectivity index (χ0n) is 26.4. The number of carbonyl (C=O) groups excluding carboxylic acids is 3. The van der Waals surface area contributed by atoms with Crippen LogP contribution in [0.3, 0.4) is 0 Å². The van der Waals surface area contributed by atoms with Crippen LogP contribution < -0.4 is 19.1 Å². The largest absolute Gasteiger partial charge is 0.507 e. The maximum Gasteiger partial charge on any atom is 0.350 e. The molecule has 2 atom stereocenters. The summed E-state index contributed by atoms with van der Waals surface area (Å²) in [5.41, 5.74) is 2.95. The number of aliphatic hydroxyl groups is 1. The van der Waals surface area contributed by atoms with Crippen molar-refractivity contribution in [1.29, 1.82) is 0 Å². The van der Waals surface area contributed by atoms with Crippen LogP contribution in [-0.2, 0) is 27.4 Å². The SMILES string of the molecule is CCOC(=O)c1sc(N2C(=O)C(=O)C(=C(O)c3ccc4c(c3)C[C@@H](C)O4)[C@H]2c2ccc(OCc3ccccc3)c(OCC)c2)nc1C. The molecule has 0 saturated carbocycles. The minimum Gasteiger partial charge on any atom is -0.507 e. The van der Waals surface area contributed by atoms with Crippen molar-refractivity contribution in [1.82, 2.24) is 4.98 Å². The summed E-state index contributed by atoms with van der Waals surface area (Å²) in [4.78, 5) is 46.3. The first kappa shape index (κ1) is 31.8. The molecular formula is C36H34N2O8S. The molecule has 242 valence electrons. The molecule has 1 saturated heterocycles. The van der Waals surface area contributed by atoms with Crippen LogP contribution in [0.4, 0.5) is 5.13 Å². The lowest BCUT2D eigenvalue weighted by Crippen LogP contribution is -2.29. The fourth-order valence-corrected chi connectivity index (χ4v) is 6.75. The Morgan fingerprint density at radius 1 is 1.02 bits per heavy atom. The summed E-state index contributed by atoms with van der Waals surface area (Å²) in [5, 5.41) is 11.9. The lowest BCUT2D eigenvalue weighted by Gasteiger charge is -2.24. The van der Waals surface area contributed by atoms with Crippen molar-refractivity contribution in [2.75, 3.05) is 18.1 Å². The standard InChI is InChI=1S/C36H34N2O8S/c1-5-43-28-18-23(12-15-27(28)45-19-22-10-8-7-9-11-22)30-29(31(39)24-13-14-26-25(17-24)16-20(3)46-26)32(40)34(41)38(30)36-37-21(4)33(47-36)35(42)44-6-2/h7-15,17-18,20,30,39H,5-6,16,19H2,1-4H3/t20-,30-/m1/s1. The molecule has 1 amide bonds. The lowest BCUT2D eigenvalue weighted by molar-refractivity contribution is -0.132.